The molecule has 0 bridgehead atoms. The van der Waals surface area contributed by atoms with Gasteiger partial charge in [0, 0.05) is 5.56 Å². The lowest BCUT2D eigenvalue weighted by Crippen LogP contribution is -2.29. The number of aryl methyl sites for hydroxylation is 1. The molecule has 0 aliphatic carbocycles. The molecule has 0 fully saturated rings. The Morgan fingerprint density at radius 1 is 1.30 bits per heavy atom. The van der Waals surface area contributed by atoms with Gasteiger partial charge in [-0.3, -0.25) is 10.9 Å². The highest BCUT2D eigenvalue weighted by Crippen LogP contribution is 2.33. The van der Waals surface area contributed by atoms with Gasteiger partial charge in [-0.2, -0.15) is 18.3 Å². The van der Waals surface area contributed by atoms with Gasteiger partial charge in [0.1, 0.15) is 5.82 Å². The molecule has 20 heavy (non-hydrogen) atoms. The summed E-state index contributed by atoms with van der Waals surface area (Å²) in [6.07, 6.45) is -2.89. The van der Waals surface area contributed by atoms with Gasteiger partial charge in [-0.1, -0.05) is 6.07 Å². The van der Waals surface area contributed by atoms with E-state index in [0.29, 0.717) is 22.5 Å². The second kappa shape index (κ2) is 5.14. The largest absolute Gasteiger partial charge is 0.416 e. The maximum absolute atomic E-state index is 12.6. The number of H-pyrrole nitrogens is 1. The van der Waals surface area contributed by atoms with E-state index < -0.39 is 17.8 Å². The number of hydrazine groups is 1. The molecule has 2 aromatic rings. The molecule has 1 aromatic carbocycles. The number of benzene rings is 1. The van der Waals surface area contributed by atoms with E-state index in [1.165, 1.54) is 12.3 Å². The normalized spacial score (nSPS) is 13.4. The fourth-order valence-corrected chi connectivity index (χ4v) is 2.06. The van der Waals surface area contributed by atoms with Crippen molar-refractivity contribution >= 4 is 5.82 Å². The average molecular weight is 285 g/mol. The van der Waals surface area contributed by atoms with E-state index in [1.54, 1.807) is 6.92 Å². The Balaban J connectivity index is 2.44. The summed E-state index contributed by atoms with van der Waals surface area (Å²) in [4.78, 5) is 0. The Morgan fingerprint density at radius 2 is 2.00 bits per heavy atom. The van der Waals surface area contributed by atoms with Gasteiger partial charge in [0.05, 0.1) is 17.8 Å². The molecule has 1 atom stereocenters. The third kappa shape index (κ3) is 2.61. The first kappa shape index (κ1) is 14.4. The van der Waals surface area contributed by atoms with Gasteiger partial charge in [0.25, 0.3) is 0 Å². The van der Waals surface area contributed by atoms with Gasteiger partial charge in [0.15, 0.2) is 0 Å². The lowest BCUT2D eigenvalue weighted by molar-refractivity contribution is -0.137. The van der Waals surface area contributed by atoms with Crippen molar-refractivity contribution < 1.29 is 13.2 Å². The number of aromatic nitrogens is 2. The first-order valence-corrected chi connectivity index (χ1v) is 5.77. The van der Waals surface area contributed by atoms with Crippen LogP contribution in [-0.2, 0) is 6.18 Å². The SMILES string of the molecule is Cc1cc(C(F)(F)F)ccc1C(NN)c1cn[nH]c1N. The van der Waals surface area contributed by atoms with Crippen LogP contribution in [0, 0.1) is 6.92 Å². The van der Waals surface area contributed by atoms with Crippen LogP contribution in [0.15, 0.2) is 24.4 Å². The van der Waals surface area contributed by atoms with Crippen molar-refractivity contribution in [2.75, 3.05) is 5.73 Å². The fourth-order valence-electron chi connectivity index (χ4n) is 2.06. The van der Waals surface area contributed by atoms with E-state index in [4.69, 9.17) is 11.6 Å². The first-order valence-electron chi connectivity index (χ1n) is 5.77. The molecular formula is C12H14F3N5. The molecule has 0 saturated carbocycles. The average Bonchev–Trinajstić information content (AvgIpc) is 2.77. The summed E-state index contributed by atoms with van der Waals surface area (Å²) < 4.78 is 37.9. The highest BCUT2D eigenvalue weighted by molar-refractivity contribution is 5.47. The Labute approximate surface area is 113 Å². The third-order valence-electron chi connectivity index (χ3n) is 3.09. The van der Waals surface area contributed by atoms with Crippen LogP contribution in [0.25, 0.3) is 0 Å². The minimum Gasteiger partial charge on any atom is -0.384 e. The molecule has 1 aromatic heterocycles. The Hall–Kier alpha value is -2.06. The Bertz CT molecular complexity index is 605. The molecule has 8 heteroatoms. The van der Waals surface area contributed by atoms with Crippen LogP contribution in [0.5, 0.6) is 0 Å². The van der Waals surface area contributed by atoms with Crippen molar-refractivity contribution in [3.05, 3.63) is 46.6 Å². The summed E-state index contributed by atoms with van der Waals surface area (Å²) in [6, 6.07) is 2.95. The highest BCUT2D eigenvalue weighted by Gasteiger charge is 2.31. The molecule has 0 radical (unpaired) electrons. The van der Waals surface area contributed by atoms with Gasteiger partial charge in [-0.05, 0) is 30.2 Å². The standard InChI is InChI=1S/C12H14F3N5/c1-6-4-7(12(13,14)15)2-3-8(6)10(19-17)9-5-18-20-11(9)16/h2-5,10,19H,17H2,1H3,(H3,16,18,20). The molecular weight excluding hydrogens is 271 g/mol. The molecule has 0 aliphatic rings. The minimum atomic E-state index is -4.37. The van der Waals surface area contributed by atoms with E-state index in [9.17, 15) is 13.2 Å². The van der Waals surface area contributed by atoms with Gasteiger partial charge >= 0.3 is 6.18 Å². The van der Waals surface area contributed by atoms with E-state index in [1.807, 2.05) is 0 Å². The zero-order valence-electron chi connectivity index (χ0n) is 10.6. The number of rotatable bonds is 3. The van der Waals surface area contributed by atoms with Crippen LogP contribution < -0.4 is 17.0 Å². The van der Waals surface area contributed by atoms with Crippen LogP contribution in [0.4, 0.5) is 19.0 Å². The smallest absolute Gasteiger partial charge is 0.384 e. The van der Waals surface area contributed by atoms with E-state index in [-0.39, 0.29) is 0 Å². The molecule has 0 amide bonds. The number of hydrogen-bond donors (Lipinski definition) is 4. The molecule has 0 aliphatic heterocycles. The number of halogens is 3. The lowest BCUT2D eigenvalue weighted by Gasteiger charge is -2.19. The van der Waals surface area contributed by atoms with Crippen LogP contribution in [0.3, 0.4) is 0 Å². The number of nitrogens with one attached hydrogen (secondary N) is 2. The van der Waals surface area contributed by atoms with Crippen molar-refractivity contribution in [3.63, 3.8) is 0 Å². The second-order valence-electron chi connectivity index (χ2n) is 4.41. The summed E-state index contributed by atoms with van der Waals surface area (Å²) in [5.41, 5.74) is 9.20. The summed E-state index contributed by atoms with van der Waals surface area (Å²) in [6.45, 7) is 1.59. The van der Waals surface area contributed by atoms with Gasteiger partial charge in [0.2, 0.25) is 0 Å². The number of aromatic amines is 1. The van der Waals surface area contributed by atoms with Gasteiger partial charge < -0.3 is 5.73 Å². The van der Waals surface area contributed by atoms with Crippen molar-refractivity contribution in [2.45, 2.75) is 19.1 Å². The first-order chi connectivity index (χ1) is 9.34. The summed E-state index contributed by atoms with van der Waals surface area (Å²) in [7, 11) is 0. The molecule has 0 spiro atoms. The fraction of sp³-hybridized carbons (Fsp3) is 0.250. The maximum Gasteiger partial charge on any atom is 0.416 e. The van der Waals surface area contributed by atoms with Crippen molar-refractivity contribution in [2.24, 2.45) is 5.84 Å². The predicted octanol–water partition coefficient (Wildman–Crippen LogP) is 1.87. The molecule has 5 nitrogen and oxygen atoms in total. The predicted molar refractivity (Wildman–Crippen MR) is 68.3 cm³/mol. The van der Waals surface area contributed by atoms with E-state index >= 15 is 0 Å². The van der Waals surface area contributed by atoms with Crippen molar-refractivity contribution in [1.82, 2.24) is 15.6 Å². The van der Waals surface area contributed by atoms with Crippen LogP contribution in [0.1, 0.15) is 28.3 Å². The third-order valence-corrected chi connectivity index (χ3v) is 3.09. The highest BCUT2D eigenvalue weighted by atomic mass is 19.4. The molecule has 1 unspecified atom stereocenters. The Morgan fingerprint density at radius 3 is 2.45 bits per heavy atom. The zero-order chi connectivity index (χ0) is 14.9. The van der Waals surface area contributed by atoms with Crippen LogP contribution in [-0.4, -0.2) is 10.2 Å². The maximum atomic E-state index is 12.6. The number of nitrogen functional groups attached to an aromatic ring is 1. The van der Waals surface area contributed by atoms with E-state index in [2.05, 4.69) is 15.6 Å². The molecule has 1 heterocycles. The van der Waals surface area contributed by atoms with Gasteiger partial charge in [-0.25, -0.2) is 5.43 Å². The number of hydrogen-bond acceptors (Lipinski definition) is 4. The second-order valence-corrected chi connectivity index (χ2v) is 4.41. The number of anilines is 1. The van der Waals surface area contributed by atoms with Crippen LogP contribution >= 0.6 is 0 Å². The lowest BCUT2D eigenvalue weighted by atomic mass is 9.95. The molecule has 108 valence electrons. The van der Waals surface area contributed by atoms with Crippen molar-refractivity contribution in [3.8, 4) is 0 Å². The van der Waals surface area contributed by atoms with Crippen LogP contribution in [0.2, 0.25) is 0 Å². The molecule has 2 rings (SSSR count). The molecule has 0 saturated heterocycles. The minimum absolute atomic E-state index is 0.312. The summed E-state index contributed by atoms with van der Waals surface area (Å²) in [5.74, 6) is 5.80. The van der Waals surface area contributed by atoms with Gasteiger partial charge in [-0.15, -0.1) is 0 Å². The zero-order valence-corrected chi connectivity index (χ0v) is 10.6. The topological polar surface area (TPSA) is 92.7 Å². The van der Waals surface area contributed by atoms with E-state index in [0.717, 1.165) is 12.1 Å². The summed E-state index contributed by atoms with van der Waals surface area (Å²) in [5, 5.41) is 6.34. The van der Waals surface area contributed by atoms with Crippen molar-refractivity contribution in [1.29, 1.82) is 0 Å². The molecule has 6 N–H and O–H groups in total. The monoisotopic (exact) mass is 285 g/mol. The quantitative estimate of drug-likeness (QED) is 0.511. The number of alkyl halides is 3. The summed E-state index contributed by atoms with van der Waals surface area (Å²) >= 11 is 0. The number of nitrogens with zero attached hydrogens (tertiary/aromatic N) is 1. The number of nitrogens with two attached hydrogens (primary N) is 2. The Kier molecular flexibility index (Phi) is 3.69.